The van der Waals surface area contributed by atoms with Gasteiger partial charge < -0.3 is 9.47 Å². The molecule has 0 fully saturated rings. The molecular formula is C10H6F6INO3. The van der Waals surface area contributed by atoms with Gasteiger partial charge >= 0.3 is 18.5 Å². The first-order valence-electron chi connectivity index (χ1n) is 5.16. The summed E-state index contributed by atoms with van der Waals surface area (Å²) in [6.07, 6.45) is -10.0. The van der Waals surface area contributed by atoms with Gasteiger partial charge in [-0.3, -0.25) is 0 Å². The molecule has 1 rings (SSSR count). The minimum absolute atomic E-state index is 0.232. The second kappa shape index (κ2) is 6.23. The van der Waals surface area contributed by atoms with E-state index in [2.05, 4.69) is 14.5 Å². The van der Waals surface area contributed by atoms with Crippen LogP contribution in [0.4, 0.5) is 26.3 Å². The van der Waals surface area contributed by atoms with Crippen molar-refractivity contribution in [2.24, 2.45) is 0 Å². The first kappa shape index (κ1) is 17.8. The molecule has 1 aromatic heterocycles. The van der Waals surface area contributed by atoms with E-state index < -0.39 is 35.5 Å². The highest BCUT2D eigenvalue weighted by molar-refractivity contribution is 14.1. The molecule has 0 aliphatic rings. The van der Waals surface area contributed by atoms with Crippen LogP contribution in [0.25, 0.3) is 0 Å². The number of aromatic nitrogens is 1. The number of halogens is 7. The Hall–Kier alpha value is -1.27. The molecule has 0 unspecified atom stereocenters. The van der Waals surface area contributed by atoms with Crippen LogP contribution in [0.2, 0.25) is 0 Å². The number of pyridine rings is 1. The maximum Gasteiger partial charge on any atom is 0.573 e. The second-order valence-corrected chi connectivity index (χ2v) is 4.59. The predicted molar refractivity (Wildman–Crippen MR) is 64.6 cm³/mol. The number of alkyl halides is 6. The minimum atomic E-state index is -5.42. The quantitative estimate of drug-likeness (QED) is 0.417. The van der Waals surface area contributed by atoms with Crippen LogP contribution in [-0.4, -0.2) is 23.9 Å². The molecule has 0 amide bonds. The molecular weight excluding hydrogens is 423 g/mol. The smallest absolute Gasteiger partial charge is 0.462 e. The van der Waals surface area contributed by atoms with Crippen LogP contribution < -0.4 is 4.74 Å². The van der Waals surface area contributed by atoms with Crippen molar-refractivity contribution in [3.63, 3.8) is 0 Å². The van der Waals surface area contributed by atoms with Crippen LogP contribution in [-0.2, 0) is 10.9 Å². The third-order valence-electron chi connectivity index (χ3n) is 1.95. The zero-order valence-corrected chi connectivity index (χ0v) is 12.3. The highest BCUT2D eigenvalue weighted by atomic mass is 127. The van der Waals surface area contributed by atoms with E-state index in [1.807, 2.05) is 0 Å². The first-order chi connectivity index (χ1) is 9.47. The monoisotopic (exact) mass is 429 g/mol. The lowest BCUT2D eigenvalue weighted by Crippen LogP contribution is -2.24. The minimum Gasteiger partial charge on any atom is -0.462 e. The molecule has 21 heavy (non-hydrogen) atoms. The van der Waals surface area contributed by atoms with Gasteiger partial charge in [-0.05, 0) is 29.5 Å². The SMILES string of the molecule is CCOC(=O)c1c(I)cnc(C(F)(F)F)c1OC(F)(F)F. The Morgan fingerprint density at radius 2 is 1.86 bits per heavy atom. The number of carbonyl (C=O) groups is 1. The standard InChI is InChI=1S/C10H6F6INO3/c1-2-20-8(19)5-4(17)3-18-7(9(11,12)13)6(5)21-10(14,15)16/h3H,2H2,1H3. The summed E-state index contributed by atoms with van der Waals surface area (Å²) in [5.74, 6) is -3.09. The van der Waals surface area contributed by atoms with Gasteiger partial charge in [-0.25, -0.2) is 9.78 Å². The number of nitrogens with zero attached hydrogens (tertiary/aromatic N) is 1. The lowest BCUT2D eigenvalue weighted by atomic mass is 10.2. The van der Waals surface area contributed by atoms with E-state index in [1.165, 1.54) is 29.5 Å². The Labute approximate surface area is 127 Å². The van der Waals surface area contributed by atoms with Gasteiger partial charge in [0.15, 0.2) is 11.4 Å². The average molecular weight is 429 g/mol. The highest BCUT2D eigenvalue weighted by Crippen LogP contribution is 2.40. The summed E-state index contributed by atoms with van der Waals surface area (Å²) in [6.45, 7) is 1.12. The highest BCUT2D eigenvalue weighted by Gasteiger charge is 2.44. The number of ether oxygens (including phenoxy) is 2. The van der Waals surface area contributed by atoms with E-state index in [0.29, 0.717) is 6.20 Å². The molecule has 0 aliphatic carbocycles. The van der Waals surface area contributed by atoms with Crippen molar-refractivity contribution in [1.29, 1.82) is 0 Å². The van der Waals surface area contributed by atoms with E-state index in [4.69, 9.17) is 0 Å². The molecule has 4 nitrogen and oxygen atoms in total. The van der Waals surface area contributed by atoms with E-state index >= 15 is 0 Å². The molecule has 0 N–H and O–H groups in total. The van der Waals surface area contributed by atoms with Gasteiger partial charge in [0.05, 0.1) is 6.61 Å². The van der Waals surface area contributed by atoms with Crippen LogP contribution in [0, 0.1) is 3.57 Å². The summed E-state index contributed by atoms with van der Waals surface area (Å²) in [5, 5.41) is 0. The third-order valence-corrected chi connectivity index (χ3v) is 2.77. The van der Waals surface area contributed by atoms with Crippen molar-refractivity contribution in [2.75, 3.05) is 6.61 Å². The second-order valence-electron chi connectivity index (χ2n) is 3.42. The Balaban J connectivity index is 3.56. The number of carbonyl (C=O) groups excluding carboxylic acids is 1. The van der Waals surface area contributed by atoms with E-state index in [1.54, 1.807) is 0 Å². The number of hydrogen-bond acceptors (Lipinski definition) is 4. The molecule has 0 radical (unpaired) electrons. The van der Waals surface area contributed by atoms with Gasteiger partial charge in [0, 0.05) is 9.77 Å². The fraction of sp³-hybridized carbons (Fsp3) is 0.400. The summed E-state index contributed by atoms with van der Waals surface area (Å²) < 4.78 is 82.6. The summed E-state index contributed by atoms with van der Waals surface area (Å²) in [5.41, 5.74) is -2.93. The number of hydrogen-bond donors (Lipinski definition) is 0. The summed E-state index contributed by atoms with van der Waals surface area (Å²) >= 11 is 1.36. The predicted octanol–water partition coefficient (Wildman–Crippen LogP) is 3.78. The lowest BCUT2D eigenvalue weighted by Gasteiger charge is -2.18. The largest absolute Gasteiger partial charge is 0.573 e. The van der Waals surface area contributed by atoms with Crippen LogP contribution in [0.3, 0.4) is 0 Å². The zero-order chi connectivity index (χ0) is 16.4. The van der Waals surface area contributed by atoms with Crippen molar-refractivity contribution >= 4 is 28.6 Å². The Bertz CT molecular complexity index is 543. The molecule has 0 aliphatic heterocycles. The summed E-state index contributed by atoms with van der Waals surface area (Å²) in [6, 6.07) is 0. The average Bonchev–Trinajstić information content (AvgIpc) is 2.25. The normalized spacial score (nSPS) is 12.2. The van der Waals surface area contributed by atoms with Gasteiger partial charge in [-0.2, -0.15) is 13.2 Å². The fourth-order valence-electron chi connectivity index (χ4n) is 1.28. The topological polar surface area (TPSA) is 48.4 Å². The first-order valence-corrected chi connectivity index (χ1v) is 6.23. The zero-order valence-electron chi connectivity index (χ0n) is 10.1. The molecule has 0 atom stereocenters. The number of esters is 1. The fourth-order valence-corrected chi connectivity index (χ4v) is 1.89. The molecule has 0 bridgehead atoms. The Kier molecular flexibility index (Phi) is 5.28. The van der Waals surface area contributed by atoms with Crippen molar-refractivity contribution in [3.05, 3.63) is 21.0 Å². The molecule has 0 saturated carbocycles. The molecule has 11 heteroatoms. The van der Waals surface area contributed by atoms with Crippen LogP contribution in [0.1, 0.15) is 23.0 Å². The van der Waals surface area contributed by atoms with Crippen LogP contribution in [0.15, 0.2) is 6.20 Å². The van der Waals surface area contributed by atoms with Gasteiger partial charge in [-0.1, -0.05) is 0 Å². The maximum absolute atomic E-state index is 12.7. The Morgan fingerprint density at radius 3 is 2.29 bits per heavy atom. The summed E-state index contributed by atoms with van der Waals surface area (Å²) in [7, 11) is 0. The molecule has 118 valence electrons. The van der Waals surface area contributed by atoms with Crippen molar-refractivity contribution in [2.45, 2.75) is 19.5 Å². The van der Waals surface area contributed by atoms with Crippen LogP contribution >= 0.6 is 22.6 Å². The number of rotatable bonds is 3. The molecule has 1 heterocycles. The van der Waals surface area contributed by atoms with Gasteiger partial charge in [-0.15, -0.1) is 13.2 Å². The molecule has 0 saturated heterocycles. The van der Waals surface area contributed by atoms with Gasteiger partial charge in [0.1, 0.15) is 5.56 Å². The molecule has 0 aromatic carbocycles. The van der Waals surface area contributed by atoms with Gasteiger partial charge in [0.25, 0.3) is 0 Å². The van der Waals surface area contributed by atoms with E-state index in [-0.39, 0.29) is 10.2 Å². The van der Waals surface area contributed by atoms with Gasteiger partial charge in [0.2, 0.25) is 0 Å². The third kappa shape index (κ3) is 4.61. The van der Waals surface area contributed by atoms with E-state index in [0.717, 1.165) is 0 Å². The molecule has 0 spiro atoms. The van der Waals surface area contributed by atoms with Crippen molar-refractivity contribution in [3.8, 4) is 5.75 Å². The maximum atomic E-state index is 12.7. The van der Waals surface area contributed by atoms with Crippen molar-refractivity contribution in [1.82, 2.24) is 4.98 Å². The van der Waals surface area contributed by atoms with Crippen LogP contribution in [0.5, 0.6) is 5.75 Å². The lowest BCUT2D eigenvalue weighted by molar-refractivity contribution is -0.276. The summed E-state index contributed by atoms with van der Waals surface area (Å²) in [4.78, 5) is 14.5. The van der Waals surface area contributed by atoms with Crippen molar-refractivity contribution < 1.29 is 40.6 Å². The Morgan fingerprint density at radius 1 is 1.29 bits per heavy atom. The molecule has 1 aromatic rings. The van der Waals surface area contributed by atoms with E-state index in [9.17, 15) is 31.1 Å².